The van der Waals surface area contributed by atoms with Gasteiger partial charge < -0.3 is 10.1 Å². The quantitative estimate of drug-likeness (QED) is 0.895. The fraction of sp³-hybridized carbons (Fsp3) is 0.250. The van der Waals surface area contributed by atoms with Crippen molar-refractivity contribution in [3.05, 3.63) is 64.7 Å². The lowest BCUT2D eigenvalue weighted by Gasteiger charge is -2.19. The highest BCUT2D eigenvalue weighted by Gasteiger charge is 2.14. The zero-order valence-corrected chi connectivity index (χ0v) is 11.9. The number of halogens is 1. The maximum absolute atomic E-state index is 5.91. The topological polar surface area (TPSA) is 21.3 Å². The average Bonchev–Trinajstić information content (AvgIpc) is 2.46. The van der Waals surface area contributed by atoms with E-state index >= 15 is 0 Å². The maximum Gasteiger partial charge on any atom is 0.123 e. The van der Waals surface area contributed by atoms with Crippen molar-refractivity contribution >= 4 is 11.6 Å². The predicted octanol–water partition coefficient (Wildman–Crippen LogP) is 3.85. The number of hydrogen-bond acceptors (Lipinski definition) is 2. The second-order valence-corrected chi connectivity index (χ2v) is 4.85. The molecule has 3 heteroatoms. The van der Waals surface area contributed by atoms with Crippen LogP contribution >= 0.6 is 11.6 Å². The molecule has 0 saturated heterocycles. The van der Waals surface area contributed by atoms with Crippen molar-refractivity contribution < 1.29 is 4.74 Å². The van der Waals surface area contributed by atoms with Gasteiger partial charge in [-0.3, -0.25) is 0 Å². The molecule has 0 spiro atoms. The van der Waals surface area contributed by atoms with E-state index in [4.69, 9.17) is 16.3 Å². The molecule has 0 fully saturated rings. The Kier molecular flexibility index (Phi) is 4.83. The van der Waals surface area contributed by atoms with Crippen LogP contribution in [0.1, 0.15) is 17.2 Å². The summed E-state index contributed by atoms with van der Waals surface area (Å²) in [5, 5.41) is 4.11. The highest BCUT2D eigenvalue weighted by Crippen LogP contribution is 2.27. The summed E-state index contributed by atoms with van der Waals surface area (Å²) in [7, 11) is 3.67. The van der Waals surface area contributed by atoms with Gasteiger partial charge in [0, 0.05) is 16.6 Å². The molecule has 0 bridgehead atoms. The summed E-state index contributed by atoms with van der Waals surface area (Å²) in [5.41, 5.74) is 2.41. The van der Waals surface area contributed by atoms with Gasteiger partial charge in [-0.25, -0.2) is 0 Å². The zero-order valence-electron chi connectivity index (χ0n) is 11.2. The number of rotatable bonds is 5. The standard InChI is InChI=1S/C16H18ClNO/c1-18-15(11-12-7-9-13(17)10-8-12)14-5-3-4-6-16(14)19-2/h3-10,15,18H,11H2,1-2H3. The summed E-state index contributed by atoms with van der Waals surface area (Å²) in [6.45, 7) is 0. The molecule has 1 atom stereocenters. The molecule has 2 nitrogen and oxygen atoms in total. The molecule has 2 aromatic rings. The molecule has 0 saturated carbocycles. The Morgan fingerprint density at radius 2 is 1.79 bits per heavy atom. The molecule has 0 radical (unpaired) electrons. The predicted molar refractivity (Wildman–Crippen MR) is 80.0 cm³/mol. The molecule has 0 aromatic heterocycles. The third-order valence-corrected chi connectivity index (χ3v) is 3.47. The van der Waals surface area contributed by atoms with Crippen LogP contribution in [0.4, 0.5) is 0 Å². The molecule has 0 amide bonds. The molecule has 1 N–H and O–H groups in total. The fourth-order valence-corrected chi connectivity index (χ4v) is 2.30. The van der Waals surface area contributed by atoms with E-state index in [2.05, 4.69) is 23.5 Å². The number of methoxy groups -OCH3 is 1. The molecule has 0 aliphatic heterocycles. The lowest BCUT2D eigenvalue weighted by atomic mass is 9.98. The van der Waals surface area contributed by atoms with Crippen molar-refractivity contribution in [1.29, 1.82) is 0 Å². The smallest absolute Gasteiger partial charge is 0.123 e. The molecule has 0 aliphatic rings. The minimum Gasteiger partial charge on any atom is -0.496 e. The first kappa shape index (κ1) is 13.9. The first-order valence-electron chi connectivity index (χ1n) is 6.29. The maximum atomic E-state index is 5.91. The molecule has 19 heavy (non-hydrogen) atoms. The fourth-order valence-electron chi connectivity index (χ4n) is 2.18. The van der Waals surface area contributed by atoms with Crippen LogP contribution in [-0.4, -0.2) is 14.2 Å². The number of para-hydroxylation sites is 1. The molecule has 0 heterocycles. The van der Waals surface area contributed by atoms with Gasteiger partial charge in [0.25, 0.3) is 0 Å². The summed E-state index contributed by atoms with van der Waals surface area (Å²) in [6, 6.07) is 16.3. The van der Waals surface area contributed by atoms with Crippen molar-refractivity contribution in [3.8, 4) is 5.75 Å². The largest absolute Gasteiger partial charge is 0.496 e. The highest BCUT2D eigenvalue weighted by molar-refractivity contribution is 6.30. The number of ether oxygens (including phenoxy) is 1. The van der Waals surface area contributed by atoms with Gasteiger partial charge in [-0.1, -0.05) is 41.9 Å². The van der Waals surface area contributed by atoms with E-state index in [9.17, 15) is 0 Å². The van der Waals surface area contributed by atoms with Crippen molar-refractivity contribution in [2.24, 2.45) is 0 Å². The van der Waals surface area contributed by atoms with Crippen molar-refractivity contribution in [3.63, 3.8) is 0 Å². The average molecular weight is 276 g/mol. The minimum absolute atomic E-state index is 0.220. The van der Waals surface area contributed by atoms with E-state index < -0.39 is 0 Å². The molecule has 0 aliphatic carbocycles. The van der Waals surface area contributed by atoms with Crippen LogP contribution in [0.25, 0.3) is 0 Å². The van der Waals surface area contributed by atoms with Gasteiger partial charge in [0.2, 0.25) is 0 Å². The minimum atomic E-state index is 0.220. The van der Waals surface area contributed by atoms with Gasteiger partial charge in [0.05, 0.1) is 7.11 Å². The molecule has 1 unspecified atom stereocenters. The molecule has 100 valence electrons. The van der Waals surface area contributed by atoms with E-state index in [-0.39, 0.29) is 6.04 Å². The summed E-state index contributed by atoms with van der Waals surface area (Å²) >= 11 is 5.91. The van der Waals surface area contributed by atoms with Gasteiger partial charge in [-0.2, -0.15) is 0 Å². The van der Waals surface area contributed by atoms with Crippen LogP contribution in [0, 0.1) is 0 Å². The Balaban J connectivity index is 2.22. The third kappa shape index (κ3) is 3.49. The lowest BCUT2D eigenvalue weighted by molar-refractivity contribution is 0.401. The number of hydrogen-bond donors (Lipinski definition) is 1. The van der Waals surface area contributed by atoms with Crippen molar-refractivity contribution in [1.82, 2.24) is 5.32 Å². The number of nitrogens with one attached hydrogen (secondary N) is 1. The molecular weight excluding hydrogens is 258 g/mol. The second-order valence-electron chi connectivity index (χ2n) is 4.41. The third-order valence-electron chi connectivity index (χ3n) is 3.22. The Morgan fingerprint density at radius 3 is 2.42 bits per heavy atom. The van der Waals surface area contributed by atoms with Gasteiger partial charge >= 0.3 is 0 Å². The SMILES string of the molecule is CNC(Cc1ccc(Cl)cc1)c1ccccc1OC. The zero-order chi connectivity index (χ0) is 13.7. The van der Waals surface area contributed by atoms with Crippen LogP contribution < -0.4 is 10.1 Å². The Labute approximate surface area is 119 Å². The van der Waals surface area contributed by atoms with Gasteiger partial charge in [-0.05, 0) is 37.2 Å². The van der Waals surface area contributed by atoms with E-state index in [1.165, 1.54) is 11.1 Å². The van der Waals surface area contributed by atoms with Crippen LogP contribution in [-0.2, 0) is 6.42 Å². The Hall–Kier alpha value is -1.51. The van der Waals surface area contributed by atoms with E-state index in [1.807, 2.05) is 37.4 Å². The molecule has 2 rings (SSSR count). The Bertz CT molecular complexity index is 525. The van der Waals surface area contributed by atoms with Gasteiger partial charge in [0.15, 0.2) is 0 Å². The van der Waals surface area contributed by atoms with Gasteiger partial charge in [0.1, 0.15) is 5.75 Å². The van der Waals surface area contributed by atoms with Crippen molar-refractivity contribution in [2.75, 3.05) is 14.2 Å². The highest BCUT2D eigenvalue weighted by atomic mass is 35.5. The van der Waals surface area contributed by atoms with E-state index in [1.54, 1.807) is 7.11 Å². The summed E-state index contributed by atoms with van der Waals surface area (Å²) in [4.78, 5) is 0. The first-order valence-corrected chi connectivity index (χ1v) is 6.67. The summed E-state index contributed by atoms with van der Waals surface area (Å²) in [5.74, 6) is 0.913. The second kappa shape index (κ2) is 6.60. The first-order chi connectivity index (χ1) is 9.24. The van der Waals surface area contributed by atoms with Crippen LogP contribution in [0.3, 0.4) is 0 Å². The molecule has 2 aromatic carbocycles. The lowest BCUT2D eigenvalue weighted by Crippen LogP contribution is -2.19. The van der Waals surface area contributed by atoms with E-state index in [0.717, 1.165) is 17.2 Å². The number of benzene rings is 2. The normalized spacial score (nSPS) is 12.2. The van der Waals surface area contributed by atoms with Crippen LogP contribution in [0.5, 0.6) is 5.75 Å². The number of likely N-dealkylation sites (N-methyl/N-ethyl adjacent to an activating group) is 1. The van der Waals surface area contributed by atoms with Crippen LogP contribution in [0.15, 0.2) is 48.5 Å². The summed E-state index contributed by atoms with van der Waals surface area (Å²) in [6.07, 6.45) is 0.897. The van der Waals surface area contributed by atoms with Crippen molar-refractivity contribution in [2.45, 2.75) is 12.5 Å². The monoisotopic (exact) mass is 275 g/mol. The van der Waals surface area contributed by atoms with Crippen LogP contribution in [0.2, 0.25) is 5.02 Å². The van der Waals surface area contributed by atoms with Gasteiger partial charge in [-0.15, -0.1) is 0 Å². The molecular formula is C16H18ClNO. The Morgan fingerprint density at radius 1 is 1.11 bits per heavy atom. The van der Waals surface area contributed by atoms with E-state index in [0.29, 0.717) is 0 Å². The summed E-state index contributed by atoms with van der Waals surface area (Å²) < 4.78 is 5.42.